The number of nitrogens with zero attached hydrogens (tertiary/aromatic N) is 5. The highest BCUT2D eigenvalue weighted by Gasteiger charge is 2.12. The average molecular weight is 413 g/mol. The molecule has 1 aromatic carbocycles. The average Bonchev–Trinajstić information content (AvgIpc) is 3.19. The normalized spacial score (nSPS) is 11.6. The van der Waals surface area contributed by atoms with Crippen LogP contribution in [-0.4, -0.2) is 56.5 Å². The molecule has 2 aromatic heterocycles. The molecule has 0 amide bonds. The maximum absolute atomic E-state index is 12.2. The van der Waals surface area contributed by atoms with Crippen molar-refractivity contribution in [2.45, 2.75) is 13.8 Å². The molecule has 30 heavy (non-hydrogen) atoms. The fourth-order valence-corrected chi connectivity index (χ4v) is 3.03. The number of hydrogen-bond acceptors (Lipinski definition) is 7. The predicted molar refractivity (Wildman–Crippen MR) is 118 cm³/mol. The van der Waals surface area contributed by atoms with Crippen molar-refractivity contribution in [2.24, 2.45) is 19.2 Å². The molecule has 2 heterocycles. The highest BCUT2D eigenvalue weighted by atomic mass is 16.5. The van der Waals surface area contributed by atoms with Gasteiger partial charge in [0.2, 0.25) is 5.95 Å². The summed E-state index contributed by atoms with van der Waals surface area (Å²) in [4.78, 5) is 33.6. The molecule has 0 spiro atoms. The van der Waals surface area contributed by atoms with Crippen molar-refractivity contribution < 1.29 is 4.74 Å². The maximum atomic E-state index is 12.2. The summed E-state index contributed by atoms with van der Waals surface area (Å²) in [5.74, 6) is 1.08. The first kappa shape index (κ1) is 21.3. The number of imidazole rings is 1. The molecule has 0 fully saturated rings. The highest BCUT2D eigenvalue weighted by molar-refractivity contribution is 5.80. The lowest BCUT2D eigenvalue weighted by molar-refractivity contribution is 0.223. The van der Waals surface area contributed by atoms with Crippen LogP contribution in [0.25, 0.3) is 11.2 Å². The van der Waals surface area contributed by atoms with E-state index in [4.69, 9.17) is 4.74 Å². The summed E-state index contributed by atoms with van der Waals surface area (Å²) >= 11 is 0. The molecule has 0 saturated heterocycles. The van der Waals surface area contributed by atoms with Crippen molar-refractivity contribution in [1.29, 1.82) is 0 Å². The third-order valence-corrected chi connectivity index (χ3v) is 4.93. The first-order valence-electron chi connectivity index (χ1n) is 9.84. The van der Waals surface area contributed by atoms with Crippen molar-refractivity contribution in [3.63, 3.8) is 0 Å². The van der Waals surface area contributed by atoms with Crippen LogP contribution in [0.15, 0.2) is 39.0 Å². The highest BCUT2D eigenvalue weighted by Crippen LogP contribution is 2.12. The monoisotopic (exact) mass is 413 g/mol. The maximum Gasteiger partial charge on any atom is 0.332 e. The first-order valence-corrected chi connectivity index (χ1v) is 9.84. The van der Waals surface area contributed by atoms with Gasteiger partial charge in [-0.05, 0) is 42.9 Å². The van der Waals surface area contributed by atoms with E-state index in [0.717, 1.165) is 35.5 Å². The third-order valence-electron chi connectivity index (χ3n) is 4.93. The molecule has 0 radical (unpaired) electrons. The number of hydrogen-bond donors (Lipinski definition) is 2. The van der Waals surface area contributed by atoms with Crippen LogP contribution >= 0.6 is 0 Å². The zero-order chi connectivity index (χ0) is 21.7. The number of nitrogens with one attached hydrogen (secondary N) is 2. The van der Waals surface area contributed by atoms with Crippen molar-refractivity contribution in [3.05, 3.63) is 50.7 Å². The largest absolute Gasteiger partial charge is 0.492 e. The van der Waals surface area contributed by atoms with Crippen LogP contribution in [-0.2, 0) is 14.1 Å². The molecule has 3 rings (SSSR count). The Bertz CT molecular complexity index is 1140. The van der Waals surface area contributed by atoms with Gasteiger partial charge in [-0.3, -0.25) is 13.9 Å². The van der Waals surface area contributed by atoms with E-state index in [1.165, 1.54) is 11.6 Å². The van der Waals surface area contributed by atoms with Crippen LogP contribution < -0.4 is 21.4 Å². The van der Waals surface area contributed by atoms with E-state index >= 15 is 0 Å². The number of aromatic amines is 1. The summed E-state index contributed by atoms with van der Waals surface area (Å²) in [6.07, 6.45) is 1.63. The fraction of sp³-hybridized carbons (Fsp3) is 0.400. The Hall–Kier alpha value is -3.40. The van der Waals surface area contributed by atoms with Gasteiger partial charge in [-0.25, -0.2) is 10.2 Å². The SMILES string of the molecule is CCN(CC)CCOc1ccc(C=NNc2nc3c([nH]2)c(=O)n(C)c(=O)n3C)cc1. The van der Waals surface area contributed by atoms with E-state index in [0.29, 0.717) is 6.61 Å². The third kappa shape index (κ3) is 4.60. The Morgan fingerprint density at radius 3 is 2.53 bits per heavy atom. The van der Waals surface area contributed by atoms with Gasteiger partial charge in [0.1, 0.15) is 12.4 Å². The van der Waals surface area contributed by atoms with Gasteiger partial charge in [0.25, 0.3) is 5.56 Å². The van der Waals surface area contributed by atoms with Crippen molar-refractivity contribution in [1.82, 2.24) is 24.0 Å². The molecule has 0 bridgehead atoms. The number of likely N-dealkylation sites (N-methyl/N-ethyl adjacent to an activating group) is 1. The number of hydrazone groups is 1. The van der Waals surface area contributed by atoms with E-state index in [2.05, 4.69) is 39.2 Å². The number of aromatic nitrogens is 4. The number of fused-ring (bicyclic) bond motifs is 1. The first-order chi connectivity index (χ1) is 14.4. The minimum Gasteiger partial charge on any atom is -0.492 e. The van der Waals surface area contributed by atoms with Crippen LogP contribution in [0.5, 0.6) is 5.75 Å². The van der Waals surface area contributed by atoms with Gasteiger partial charge in [-0.15, -0.1) is 0 Å². The van der Waals surface area contributed by atoms with E-state index in [9.17, 15) is 9.59 Å². The van der Waals surface area contributed by atoms with E-state index in [1.807, 2.05) is 24.3 Å². The number of benzene rings is 1. The second kappa shape index (κ2) is 9.40. The summed E-state index contributed by atoms with van der Waals surface area (Å²) in [5, 5.41) is 4.14. The molecule has 2 N–H and O–H groups in total. The summed E-state index contributed by atoms with van der Waals surface area (Å²) in [7, 11) is 2.98. The van der Waals surface area contributed by atoms with Gasteiger partial charge in [-0.1, -0.05) is 13.8 Å². The summed E-state index contributed by atoms with van der Waals surface area (Å²) in [6, 6.07) is 7.58. The van der Waals surface area contributed by atoms with Crippen LogP contribution in [0.3, 0.4) is 0 Å². The number of H-pyrrole nitrogens is 1. The molecule has 0 atom stereocenters. The van der Waals surface area contributed by atoms with Gasteiger partial charge in [0.05, 0.1) is 6.21 Å². The Balaban J connectivity index is 1.62. The minimum atomic E-state index is -0.437. The van der Waals surface area contributed by atoms with Crippen LogP contribution in [0.1, 0.15) is 19.4 Å². The van der Waals surface area contributed by atoms with Crippen LogP contribution in [0, 0.1) is 0 Å². The van der Waals surface area contributed by atoms with Gasteiger partial charge in [0.15, 0.2) is 11.2 Å². The van der Waals surface area contributed by atoms with Gasteiger partial charge < -0.3 is 14.6 Å². The zero-order valence-corrected chi connectivity index (χ0v) is 17.7. The Labute approximate surface area is 173 Å². The Morgan fingerprint density at radius 2 is 1.87 bits per heavy atom. The summed E-state index contributed by atoms with van der Waals surface area (Å²) in [6.45, 7) is 7.84. The Kier molecular flexibility index (Phi) is 6.68. The van der Waals surface area contributed by atoms with Gasteiger partial charge in [-0.2, -0.15) is 10.1 Å². The van der Waals surface area contributed by atoms with E-state index in [1.54, 1.807) is 13.3 Å². The van der Waals surface area contributed by atoms with Crippen LogP contribution in [0.4, 0.5) is 5.95 Å². The summed E-state index contributed by atoms with van der Waals surface area (Å²) < 4.78 is 8.10. The lowest BCUT2D eigenvalue weighted by Gasteiger charge is -2.17. The molecular formula is C20H27N7O3. The molecule has 3 aromatic rings. The number of anilines is 1. The van der Waals surface area contributed by atoms with Gasteiger partial charge in [0, 0.05) is 20.6 Å². The molecule has 0 aliphatic carbocycles. The standard InChI is InChI=1S/C20H27N7O3/c1-5-27(6-2)11-12-30-15-9-7-14(8-10-15)13-21-24-19-22-16-17(23-19)25(3)20(29)26(4)18(16)28/h7-10,13H,5-6,11-12H2,1-4H3,(H2,22,23,24). The molecule has 0 aliphatic rings. The predicted octanol–water partition coefficient (Wildman–Crippen LogP) is 1.13. The van der Waals surface area contributed by atoms with Crippen molar-refractivity contribution in [2.75, 3.05) is 31.7 Å². The number of aryl methyl sites for hydroxylation is 1. The molecular weight excluding hydrogens is 386 g/mol. The lowest BCUT2D eigenvalue weighted by Crippen LogP contribution is -2.36. The van der Waals surface area contributed by atoms with Crippen molar-refractivity contribution >= 4 is 23.3 Å². The minimum absolute atomic E-state index is 0.239. The molecule has 0 aliphatic heterocycles. The second-order valence-corrected chi connectivity index (χ2v) is 6.80. The topological polar surface area (TPSA) is 110 Å². The van der Waals surface area contributed by atoms with Crippen LogP contribution in [0.2, 0.25) is 0 Å². The summed E-state index contributed by atoms with van der Waals surface area (Å²) in [5.41, 5.74) is 3.26. The lowest BCUT2D eigenvalue weighted by atomic mass is 10.2. The number of rotatable bonds is 9. The van der Waals surface area contributed by atoms with Crippen molar-refractivity contribution in [3.8, 4) is 5.75 Å². The fourth-order valence-electron chi connectivity index (χ4n) is 3.03. The molecule has 10 heteroatoms. The van der Waals surface area contributed by atoms with Gasteiger partial charge >= 0.3 is 5.69 Å². The zero-order valence-electron chi connectivity index (χ0n) is 17.7. The molecule has 0 unspecified atom stereocenters. The Morgan fingerprint density at radius 1 is 1.17 bits per heavy atom. The van der Waals surface area contributed by atoms with E-state index < -0.39 is 11.2 Å². The quantitative estimate of drug-likeness (QED) is 0.402. The number of ether oxygens (including phenoxy) is 1. The smallest absolute Gasteiger partial charge is 0.332 e. The second-order valence-electron chi connectivity index (χ2n) is 6.80. The van der Waals surface area contributed by atoms with E-state index in [-0.39, 0.29) is 17.1 Å². The molecule has 0 saturated carbocycles. The molecule has 160 valence electrons. The molecule has 10 nitrogen and oxygen atoms in total.